The summed E-state index contributed by atoms with van der Waals surface area (Å²) < 4.78 is 4.81. The highest BCUT2D eigenvalue weighted by Crippen LogP contribution is 2.37. The van der Waals surface area contributed by atoms with Crippen LogP contribution in [0.2, 0.25) is 0 Å². The average molecular weight is 287 g/mol. The molecule has 2 aliphatic heterocycles. The first-order valence-corrected chi connectivity index (χ1v) is 7.33. The number of esters is 1. The molecule has 104 valence electrons. The van der Waals surface area contributed by atoms with E-state index < -0.39 is 0 Å². The van der Waals surface area contributed by atoms with Crippen LogP contribution in [-0.4, -0.2) is 35.6 Å². The van der Waals surface area contributed by atoms with Crippen LogP contribution in [0.3, 0.4) is 0 Å². The Morgan fingerprint density at radius 3 is 2.85 bits per heavy atom. The van der Waals surface area contributed by atoms with Gasteiger partial charge >= 0.3 is 5.97 Å². The summed E-state index contributed by atoms with van der Waals surface area (Å²) in [6.07, 6.45) is 5.00. The molecule has 0 aromatic heterocycles. The molecule has 1 aromatic carbocycles. The SMILES string of the molecule is COC(=O)/C=C1\c2ccccc2C(=S)N2CCCCC12. The molecule has 0 spiro atoms. The van der Waals surface area contributed by atoms with Gasteiger partial charge in [-0.3, -0.25) is 0 Å². The third-order valence-electron chi connectivity index (χ3n) is 4.07. The van der Waals surface area contributed by atoms with Crippen LogP contribution in [-0.2, 0) is 9.53 Å². The van der Waals surface area contributed by atoms with Crippen LogP contribution in [0.1, 0.15) is 30.4 Å². The highest BCUT2D eigenvalue weighted by molar-refractivity contribution is 7.80. The predicted octanol–water partition coefficient (Wildman–Crippen LogP) is 2.79. The zero-order chi connectivity index (χ0) is 14.1. The summed E-state index contributed by atoms with van der Waals surface area (Å²) in [6.45, 7) is 0.969. The van der Waals surface area contributed by atoms with Crippen LogP contribution >= 0.6 is 12.2 Å². The third-order valence-corrected chi connectivity index (χ3v) is 4.52. The topological polar surface area (TPSA) is 29.5 Å². The minimum absolute atomic E-state index is 0.213. The zero-order valence-corrected chi connectivity index (χ0v) is 12.3. The number of hydrogen-bond donors (Lipinski definition) is 0. The molecule has 1 aromatic rings. The smallest absolute Gasteiger partial charge is 0.330 e. The molecule has 1 saturated heterocycles. The maximum atomic E-state index is 11.7. The van der Waals surface area contributed by atoms with Gasteiger partial charge in [-0.1, -0.05) is 36.5 Å². The molecule has 0 saturated carbocycles. The van der Waals surface area contributed by atoms with E-state index in [4.69, 9.17) is 17.0 Å². The van der Waals surface area contributed by atoms with E-state index in [0.717, 1.165) is 41.1 Å². The van der Waals surface area contributed by atoms with Crippen LogP contribution < -0.4 is 0 Å². The van der Waals surface area contributed by atoms with E-state index in [2.05, 4.69) is 4.90 Å². The molecule has 1 unspecified atom stereocenters. The van der Waals surface area contributed by atoms with Gasteiger partial charge in [-0.2, -0.15) is 0 Å². The highest BCUT2D eigenvalue weighted by atomic mass is 32.1. The predicted molar refractivity (Wildman–Crippen MR) is 82.5 cm³/mol. The molecule has 20 heavy (non-hydrogen) atoms. The fourth-order valence-electron chi connectivity index (χ4n) is 3.11. The summed E-state index contributed by atoms with van der Waals surface area (Å²) in [5.41, 5.74) is 3.17. The Bertz CT molecular complexity index is 594. The molecule has 0 bridgehead atoms. The molecular weight excluding hydrogens is 270 g/mol. The summed E-state index contributed by atoms with van der Waals surface area (Å²) in [6, 6.07) is 8.27. The molecule has 0 aliphatic carbocycles. The maximum Gasteiger partial charge on any atom is 0.330 e. The van der Waals surface area contributed by atoms with Crippen LogP contribution in [0.25, 0.3) is 5.57 Å². The average Bonchev–Trinajstić information content (AvgIpc) is 2.51. The number of piperidine rings is 1. The number of fused-ring (bicyclic) bond motifs is 2. The van der Waals surface area contributed by atoms with Crippen molar-refractivity contribution < 1.29 is 9.53 Å². The van der Waals surface area contributed by atoms with Crippen molar-refractivity contribution in [3.8, 4) is 0 Å². The van der Waals surface area contributed by atoms with E-state index in [9.17, 15) is 4.79 Å². The molecule has 4 heteroatoms. The van der Waals surface area contributed by atoms with E-state index in [-0.39, 0.29) is 12.0 Å². The van der Waals surface area contributed by atoms with E-state index >= 15 is 0 Å². The lowest BCUT2D eigenvalue weighted by molar-refractivity contribution is -0.134. The van der Waals surface area contributed by atoms with Crippen molar-refractivity contribution in [2.75, 3.05) is 13.7 Å². The number of hydrogen-bond acceptors (Lipinski definition) is 3. The largest absolute Gasteiger partial charge is 0.466 e. The lowest BCUT2D eigenvalue weighted by Gasteiger charge is -2.43. The molecule has 1 atom stereocenters. The Morgan fingerprint density at radius 2 is 2.10 bits per heavy atom. The minimum Gasteiger partial charge on any atom is -0.466 e. The van der Waals surface area contributed by atoms with Crippen LogP contribution in [0.15, 0.2) is 30.3 Å². The van der Waals surface area contributed by atoms with Gasteiger partial charge in [-0.05, 0) is 30.4 Å². The van der Waals surface area contributed by atoms with Gasteiger partial charge in [0.15, 0.2) is 0 Å². The van der Waals surface area contributed by atoms with Gasteiger partial charge in [0, 0.05) is 18.2 Å². The Labute approximate surface area is 124 Å². The van der Waals surface area contributed by atoms with Gasteiger partial charge in [-0.15, -0.1) is 0 Å². The first-order chi connectivity index (χ1) is 9.72. The Hall–Kier alpha value is -1.68. The van der Waals surface area contributed by atoms with Crippen LogP contribution in [0, 0.1) is 0 Å². The fourth-order valence-corrected chi connectivity index (χ4v) is 3.51. The minimum atomic E-state index is -0.298. The van der Waals surface area contributed by atoms with Crippen LogP contribution in [0.5, 0.6) is 0 Å². The summed E-state index contributed by atoms with van der Waals surface area (Å²) >= 11 is 5.64. The highest BCUT2D eigenvalue weighted by Gasteiger charge is 2.35. The lowest BCUT2D eigenvalue weighted by Crippen LogP contribution is -2.47. The molecule has 1 fully saturated rings. The molecule has 0 N–H and O–H groups in total. The quantitative estimate of drug-likeness (QED) is 0.451. The molecule has 2 aliphatic rings. The summed E-state index contributed by atoms with van der Waals surface area (Å²) in [7, 11) is 1.41. The summed E-state index contributed by atoms with van der Waals surface area (Å²) in [4.78, 5) is 14.9. The third kappa shape index (κ3) is 2.14. The molecular formula is C16H17NO2S. The lowest BCUT2D eigenvalue weighted by atomic mass is 9.83. The van der Waals surface area contributed by atoms with Gasteiger partial charge in [0.25, 0.3) is 0 Å². The van der Waals surface area contributed by atoms with E-state index in [1.54, 1.807) is 6.08 Å². The number of methoxy groups -OCH3 is 1. The molecule has 2 heterocycles. The second kappa shape index (κ2) is 5.37. The van der Waals surface area contributed by atoms with Crippen molar-refractivity contribution in [2.24, 2.45) is 0 Å². The Kier molecular flexibility index (Phi) is 3.57. The van der Waals surface area contributed by atoms with Crippen molar-refractivity contribution in [1.29, 1.82) is 0 Å². The molecule has 0 radical (unpaired) electrons. The molecule has 0 amide bonds. The summed E-state index contributed by atoms with van der Waals surface area (Å²) in [5, 5.41) is 0. The summed E-state index contributed by atoms with van der Waals surface area (Å²) in [5.74, 6) is -0.298. The van der Waals surface area contributed by atoms with Crippen molar-refractivity contribution in [3.05, 3.63) is 41.5 Å². The number of carbonyl (C=O) groups is 1. The van der Waals surface area contributed by atoms with Crippen molar-refractivity contribution in [3.63, 3.8) is 0 Å². The second-order valence-electron chi connectivity index (χ2n) is 5.18. The number of ether oxygens (including phenoxy) is 1. The Morgan fingerprint density at radius 1 is 1.35 bits per heavy atom. The van der Waals surface area contributed by atoms with Crippen molar-refractivity contribution >= 4 is 28.7 Å². The van der Waals surface area contributed by atoms with E-state index in [1.165, 1.54) is 13.5 Å². The molecule has 3 nitrogen and oxygen atoms in total. The van der Waals surface area contributed by atoms with Gasteiger partial charge in [0.1, 0.15) is 4.99 Å². The molecule has 3 rings (SSSR count). The number of nitrogens with zero attached hydrogens (tertiary/aromatic N) is 1. The van der Waals surface area contributed by atoms with Crippen molar-refractivity contribution in [2.45, 2.75) is 25.3 Å². The Balaban J connectivity index is 2.14. The number of carbonyl (C=O) groups excluding carboxylic acids is 1. The van der Waals surface area contributed by atoms with Gasteiger partial charge < -0.3 is 9.64 Å². The van der Waals surface area contributed by atoms with Gasteiger partial charge in [0.05, 0.1) is 13.2 Å². The van der Waals surface area contributed by atoms with E-state index in [0.29, 0.717) is 0 Å². The van der Waals surface area contributed by atoms with E-state index in [1.807, 2.05) is 24.3 Å². The van der Waals surface area contributed by atoms with Gasteiger partial charge in [-0.25, -0.2) is 4.79 Å². The second-order valence-corrected chi connectivity index (χ2v) is 5.57. The fraction of sp³-hybridized carbons (Fsp3) is 0.375. The van der Waals surface area contributed by atoms with Gasteiger partial charge in [0.2, 0.25) is 0 Å². The first kappa shape index (κ1) is 13.3. The standard InChI is InChI=1S/C16H17NO2S/c1-19-15(18)10-13-11-6-2-3-7-12(11)16(20)17-9-5-4-8-14(13)17/h2-3,6-7,10,14H,4-5,8-9H2,1H3/b13-10+. The maximum absolute atomic E-state index is 11.7. The zero-order valence-electron chi connectivity index (χ0n) is 11.5. The van der Waals surface area contributed by atoms with Crippen molar-refractivity contribution in [1.82, 2.24) is 4.90 Å². The number of benzene rings is 1. The first-order valence-electron chi connectivity index (χ1n) is 6.92. The monoisotopic (exact) mass is 287 g/mol. The van der Waals surface area contributed by atoms with Crippen LogP contribution in [0.4, 0.5) is 0 Å². The number of thiocarbonyl (C=S) groups is 1. The normalized spacial score (nSPS) is 23.2. The number of rotatable bonds is 1.